The van der Waals surface area contributed by atoms with Crippen LogP contribution < -0.4 is 15.5 Å². The van der Waals surface area contributed by atoms with Crippen LogP contribution in [0.5, 0.6) is 0 Å². The number of fused-ring (bicyclic) bond motifs is 1. The number of anilines is 2. The summed E-state index contributed by atoms with van der Waals surface area (Å²) in [5, 5.41) is 20.7. The van der Waals surface area contributed by atoms with Gasteiger partial charge in [-0.1, -0.05) is 0 Å². The van der Waals surface area contributed by atoms with Crippen LogP contribution in [-0.2, 0) is 28.9 Å². The van der Waals surface area contributed by atoms with Crippen molar-refractivity contribution in [2.45, 2.75) is 25.8 Å². The Balaban J connectivity index is 1.28. The quantitative estimate of drug-likeness (QED) is 0.404. The molecule has 0 spiro atoms. The van der Waals surface area contributed by atoms with E-state index in [0.29, 0.717) is 30.1 Å². The van der Waals surface area contributed by atoms with Crippen molar-refractivity contribution in [1.82, 2.24) is 10.3 Å². The minimum atomic E-state index is -0.454. The number of amides is 2. The molecule has 0 fully saturated rings. The molecule has 1 aliphatic carbocycles. The Morgan fingerprint density at radius 1 is 1.37 bits per heavy atom. The van der Waals surface area contributed by atoms with Crippen LogP contribution >= 0.6 is 34.0 Å². The normalized spacial score (nSPS) is 14.8. The van der Waals surface area contributed by atoms with E-state index in [0.717, 1.165) is 38.9 Å². The first kappa shape index (κ1) is 24.9. The highest BCUT2D eigenvalue weighted by Gasteiger charge is 2.27. The second-order valence-electron chi connectivity index (χ2n) is 8.26. The molecule has 0 bridgehead atoms. The van der Waals surface area contributed by atoms with Gasteiger partial charge in [-0.15, -0.1) is 22.7 Å². The highest BCUT2D eigenvalue weighted by molar-refractivity contribution is 7.16. The van der Waals surface area contributed by atoms with Crippen LogP contribution in [0.25, 0.3) is 6.08 Å². The standard InChI is InChI=1S/C24H25N5O3S3/c1-29(2)23-26-11-17(34-23)12-27-24(31)32-13-16-3-5-18-19(10-25)22(35-20(18)9-16)28-21(30)6-4-15-7-8-33-14-15/h4,6-8,11,14,16H,3,5,9,12-13H2,1-2H3,(H,27,31)(H,28,30). The average molecular weight is 528 g/mol. The van der Waals surface area contributed by atoms with E-state index in [1.807, 2.05) is 35.8 Å². The first-order chi connectivity index (χ1) is 16.9. The third kappa shape index (κ3) is 6.48. The zero-order valence-corrected chi connectivity index (χ0v) is 21.8. The van der Waals surface area contributed by atoms with E-state index in [1.165, 1.54) is 28.7 Å². The number of carbonyl (C=O) groups excluding carboxylic acids is 2. The second-order valence-corrected chi connectivity index (χ2v) is 11.2. The Kier molecular flexibility index (Phi) is 8.17. The molecule has 3 aromatic heterocycles. The van der Waals surface area contributed by atoms with Crippen LogP contribution in [0.3, 0.4) is 0 Å². The molecular formula is C24H25N5O3S3. The van der Waals surface area contributed by atoms with E-state index in [-0.39, 0.29) is 11.8 Å². The number of thiazole rings is 1. The van der Waals surface area contributed by atoms with E-state index < -0.39 is 6.09 Å². The zero-order valence-electron chi connectivity index (χ0n) is 19.4. The number of thiophene rings is 2. The van der Waals surface area contributed by atoms with Gasteiger partial charge in [0, 0.05) is 36.1 Å². The molecule has 8 nitrogen and oxygen atoms in total. The summed E-state index contributed by atoms with van der Waals surface area (Å²) in [6, 6.07) is 4.19. The predicted molar refractivity (Wildman–Crippen MR) is 141 cm³/mol. The molecule has 2 N–H and O–H groups in total. The monoisotopic (exact) mass is 527 g/mol. The fourth-order valence-electron chi connectivity index (χ4n) is 3.69. The van der Waals surface area contributed by atoms with Crippen molar-refractivity contribution < 1.29 is 14.3 Å². The summed E-state index contributed by atoms with van der Waals surface area (Å²) in [6.45, 7) is 0.682. The van der Waals surface area contributed by atoms with Crippen LogP contribution in [-0.4, -0.2) is 37.7 Å². The summed E-state index contributed by atoms with van der Waals surface area (Å²) < 4.78 is 5.45. The minimum absolute atomic E-state index is 0.171. The van der Waals surface area contributed by atoms with Crippen molar-refractivity contribution >= 4 is 62.2 Å². The molecule has 0 aliphatic heterocycles. The van der Waals surface area contributed by atoms with Gasteiger partial charge in [-0.3, -0.25) is 4.79 Å². The van der Waals surface area contributed by atoms with Gasteiger partial charge in [0.15, 0.2) is 5.13 Å². The Morgan fingerprint density at radius 3 is 2.94 bits per heavy atom. The van der Waals surface area contributed by atoms with Crippen molar-refractivity contribution in [3.8, 4) is 6.07 Å². The fourth-order valence-corrected chi connectivity index (χ4v) is 6.40. The number of carbonyl (C=O) groups is 2. The Morgan fingerprint density at radius 2 is 2.23 bits per heavy atom. The zero-order chi connectivity index (χ0) is 24.8. The van der Waals surface area contributed by atoms with Crippen molar-refractivity contribution in [3.63, 3.8) is 0 Å². The summed E-state index contributed by atoms with van der Waals surface area (Å²) >= 11 is 4.52. The maximum absolute atomic E-state index is 12.4. The maximum Gasteiger partial charge on any atom is 0.407 e. The molecule has 3 heterocycles. The van der Waals surface area contributed by atoms with Crippen molar-refractivity contribution in [1.29, 1.82) is 5.26 Å². The van der Waals surface area contributed by atoms with Gasteiger partial charge in [0.25, 0.3) is 0 Å². The smallest absolute Gasteiger partial charge is 0.407 e. The number of aromatic nitrogens is 1. The van der Waals surface area contributed by atoms with E-state index in [9.17, 15) is 14.9 Å². The Labute approximate surface area is 215 Å². The van der Waals surface area contributed by atoms with Crippen LogP contribution in [0, 0.1) is 17.2 Å². The van der Waals surface area contributed by atoms with Crippen LogP contribution in [0.4, 0.5) is 14.9 Å². The molecule has 1 unspecified atom stereocenters. The fraction of sp³-hybridized carbons (Fsp3) is 0.333. The molecule has 0 saturated heterocycles. The summed E-state index contributed by atoms with van der Waals surface area (Å²) in [6.07, 6.45) is 6.77. The molecule has 0 radical (unpaired) electrons. The SMILES string of the molecule is CN(C)c1ncc(CNC(=O)OCC2CCc3c(sc(NC(=O)C=Cc4ccsc4)c3C#N)C2)s1. The van der Waals surface area contributed by atoms with Gasteiger partial charge < -0.3 is 20.3 Å². The first-order valence-corrected chi connectivity index (χ1v) is 13.6. The number of nitrogens with one attached hydrogen (secondary N) is 2. The molecule has 3 aromatic rings. The minimum Gasteiger partial charge on any atom is -0.449 e. The topological polar surface area (TPSA) is 107 Å². The molecular weight excluding hydrogens is 502 g/mol. The number of rotatable bonds is 8. The Hall–Kier alpha value is -3.20. The van der Waals surface area contributed by atoms with Gasteiger partial charge in [-0.25, -0.2) is 9.78 Å². The lowest BCUT2D eigenvalue weighted by atomic mass is 9.88. The third-order valence-corrected chi connectivity index (χ3v) is 8.50. The van der Waals surface area contributed by atoms with Gasteiger partial charge in [0.1, 0.15) is 11.1 Å². The number of ether oxygens (including phenoxy) is 1. The number of hydrogen-bond acceptors (Lipinski definition) is 9. The van der Waals surface area contributed by atoms with E-state index >= 15 is 0 Å². The van der Waals surface area contributed by atoms with Crippen LogP contribution in [0.1, 0.15) is 32.9 Å². The highest BCUT2D eigenvalue weighted by atomic mass is 32.1. The van der Waals surface area contributed by atoms with Crippen molar-refractivity contribution in [2.75, 3.05) is 30.9 Å². The lowest BCUT2D eigenvalue weighted by Gasteiger charge is -2.21. The average Bonchev–Trinajstić information content (AvgIpc) is 3.59. The molecule has 1 aliphatic rings. The van der Waals surface area contributed by atoms with Gasteiger partial charge in [-0.2, -0.15) is 16.6 Å². The molecule has 0 saturated carbocycles. The lowest BCUT2D eigenvalue weighted by Crippen LogP contribution is -2.27. The molecule has 0 aromatic carbocycles. The molecule has 35 heavy (non-hydrogen) atoms. The molecule has 1 atom stereocenters. The van der Waals surface area contributed by atoms with Crippen molar-refractivity contribution in [2.24, 2.45) is 5.92 Å². The number of nitrogens with zero attached hydrogens (tertiary/aromatic N) is 3. The molecule has 4 rings (SSSR count). The van der Waals surface area contributed by atoms with Gasteiger partial charge in [0.05, 0.1) is 18.7 Å². The largest absolute Gasteiger partial charge is 0.449 e. The number of nitriles is 1. The number of hydrogen-bond donors (Lipinski definition) is 2. The van der Waals surface area contributed by atoms with Gasteiger partial charge in [-0.05, 0) is 59.2 Å². The lowest BCUT2D eigenvalue weighted by molar-refractivity contribution is -0.111. The summed E-state index contributed by atoms with van der Waals surface area (Å²) in [7, 11) is 3.85. The van der Waals surface area contributed by atoms with Crippen LogP contribution in [0.2, 0.25) is 0 Å². The summed E-state index contributed by atoms with van der Waals surface area (Å²) in [4.78, 5) is 32.8. The summed E-state index contributed by atoms with van der Waals surface area (Å²) in [5.74, 6) is -0.0919. The van der Waals surface area contributed by atoms with E-state index in [2.05, 4.69) is 21.7 Å². The van der Waals surface area contributed by atoms with Crippen LogP contribution in [0.15, 0.2) is 29.1 Å². The van der Waals surface area contributed by atoms with E-state index in [1.54, 1.807) is 23.6 Å². The summed E-state index contributed by atoms with van der Waals surface area (Å²) in [5.41, 5.74) is 2.51. The number of alkyl carbamates (subject to hydrolysis) is 1. The predicted octanol–water partition coefficient (Wildman–Crippen LogP) is 4.89. The van der Waals surface area contributed by atoms with Gasteiger partial charge >= 0.3 is 6.09 Å². The first-order valence-electron chi connectivity index (χ1n) is 11.0. The molecule has 2 amide bonds. The maximum atomic E-state index is 12.4. The van der Waals surface area contributed by atoms with E-state index in [4.69, 9.17) is 4.74 Å². The van der Waals surface area contributed by atoms with Crippen molar-refractivity contribution in [3.05, 3.63) is 55.5 Å². The molecule has 11 heteroatoms. The third-order valence-electron chi connectivity index (χ3n) is 5.47. The Bertz CT molecular complexity index is 1250. The second kappa shape index (κ2) is 11.5. The molecule has 182 valence electrons. The van der Waals surface area contributed by atoms with Gasteiger partial charge in [0.2, 0.25) is 5.91 Å². The highest BCUT2D eigenvalue weighted by Crippen LogP contribution is 2.39.